The number of hydrogen-bond acceptors (Lipinski definition) is 4. The molecule has 0 bridgehead atoms. The lowest BCUT2D eigenvalue weighted by atomic mass is 10.2. The predicted octanol–water partition coefficient (Wildman–Crippen LogP) is 2.18. The van der Waals surface area contributed by atoms with E-state index in [1.54, 1.807) is 18.9 Å². The number of methoxy groups -OCH3 is 1. The first kappa shape index (κ1) is 16.2. The van der Waals surface area contributed by atoms with E-state index in [4.69, 9.17) is 9.47 Å². The van der Waals surface area contributed by atoms with Gasteiger partial charge in [0.1, 0.15) is 0 Å². The van der Waals surface area contributed by atoms with Gasteiger partial charge in [-0.15, -0.1) is 0 Å². The van der Waals surface area contributed by atoms with E-state index in [1.165, 1.54) is 6.42 Å². The molecule has 0 radical (unpaired) electrons. The Morgan fingerprint density at radius 3 is 2.44 bits per heavy atom. The zero-order chi connectivity index (χ0) is 12.4. The largest absolute Gasteiger partial charge is 0.390 e. The van der Waals surface area contributed by atoms with Gasteiger partial charge in [0.2, 0.25) is 0 Å². The second-order valence-corrected chi connectivity index (χ2v) is 5.66. The van der Waals surface area contributed by atoms with Gasteiger partial charge >= 0.3 is 0 Å². The summed E-state index contributed by atoms with van der Waals surface area (Å²) in [7, 11) is 1.65. The number of hydrogen-bond donors (Lipinski definition) is 1. The van der Waals surface area contributed by atoms with Gasteiger partial charge in [0.25, 0.3) is 0 Å². The van der Waals surface area contributed by atoms with Crippen LogP contribution in [-0.4, -0.2) is 49.1 Å². The Labute approximate surface area is 104 Å². The molecule has 0 saturated carbocycles. The van der Waals surface area contributed by atoms with Crippen LogP contribution in [0.25, 0.3) is 0 Å². The van der Waals surface area contributed by atoms with Gasteiger partial charge in [0.05, 0.1) is 25.4 Å². The summed E-state index contributed by atoms with van der Waals surface area (Å²) in [6.45, 7) is 7.35. The van der Waals surface area contributed by atoms with E-state index in [-0.39, 0.29) is 12.2 Å². The number of thioether (sulfide) groups is 1. The van der Waals surface area contributed by atoms with Crippen LogP contribution >= 0.6 is 11.8 Å². The summed E-state index contributed by atoms with van der Waals surface area (Å²) in [6, 6.07) is 0. The molecule has 3 nitrogen and oxygen atoms in total. The van der Waals surface area contributed by atoms with Crippen molar-refractivity contribution in [2.45, 2.75) is 39.4 Å². The molecule has 0 aromatic rings. The monoisotopic (exact) mass is 250 g/mol. The molecule has 0 heterocycles. The summed E-state index contributed by atoms with van der Waals surface area (Å²) in [5.41, 5.74) is 0. The number of aliphatic hydroxyl groups is 1. The smallest absolute Gasteiger partial charge is 0.0863 e. The van der Waals surface area contributed by atoms with Crippen LogP contribution in [0.1, 0.15) is 27.2 Å². The second kappa shape index (κ2) is 10.4. The van der Waals surface area contributed by atoms with Crippen LogP contribution < -0.4 is 0 Å². The lowest BCUT2D eigenvalue weighted by Crippen LogP contribution is -2.24. The standard InChI is InChI=1S/C12H26O3S/c1-10(2)5-6-16-9-12(13)8-15-11(3)7-14-4/h10-13H,5-9H2,1-4H3. The van der Waals surface area contributed by atoms with E-state index in [9.17, 15) is 5.11 Å². The fourth-order valence-corrected chi connectivity index (χ4v) is 2.32. The van der Waals surface area contributed by atoms with Crippen molar-refractivity contribution in [1.82, 2.24) is 0 Å². The molecule has 0 aliphatic heterocycles. The average molecular weight is 250 g/mol. The Morgan fingerprint density at radius 2 is 1.88 bits per heavy atom. The zero-order valence-electron chi connectivity index (χ0n) is 10.9. The van der Waals surface area contributed by atoms with E-state index >= 15 is 0 Å². The summed E-state index contributed by atoms with van der Waals surface area (Å²) in [4.78, 5) is 0. The van der Waals surface area contributed by atoms with Gasteiger partial charge < -0.3 is 14.6 Å². The molecule has 16 heavy (non-hydrogen) atoms. The van der Waals surface area contributed by atoms with Crippen molar-refractivity contribution in [3.05, 3.63) is 0 Å². The number of ether oxygens (including phenoxy) is 2. The van der Waals surface area contributed by atoms with Gasteiger partial charge in [0, 0.05) is 12.9 Å². The lowest BCUT2D eigenvalue weighted by Gasteiger charge is -2.15. The quantitative estimate of drug-likeness (QED) is 0.603. The van der Waals surface area contributed by atoms with Gasteiger partial charge in [-0.05, 0) is 25.0 Å². The Bertz CT molecular complexity index is 153. The molecule has 0 aliphatic rings. The van der Waals surface area contributed by atoms with Gasteiger partial charge in [-0.2, -0.15) is 11.8 Å². The first-order valence-corrected chi connectivity index (χ1v) is 7.08. The van der Waals surface area contributed by atoms with Crippen LogP contribution in [0.5, 0.6) is 0 Å². The normalized spacial score (nSPS) is 15.4. The molecule has 0 fully saturated rings. The number of rotatable bonds is 10. The molecule has 0 amide bonds. The molecule has 0 aromatic heterocycles. The van der Waals surface area contributed by atoms with E-state index in [1.807, 2.05) is 6.92 Å². The molecule has 2 atom stereocenters. The Balaban J connectivity index is 3.33. The van der Waals surface area contributed by atoms with Gasteiger partial charge in [-0.1, -0.05) is 13.8 Å². The minimum atomic E-state index is -0.364. The van der Waals surface area contributed by atoms with Crippen LogP contribution in [0, 0.1) is 5.92 Å². The molecule has 0 saturated heterocycles. The fourth-order valence-electron chi connectivity index (χ4n) is 1.14. The van der Waals surface area contributed by atoms with Crippen molar-refractivity contribution in [1.29, 1.82) is 0 Å². The van der Waals surface area contributed by atoms with Crippen molar-refractivity contribution in [3.63, 3.8) is 0 Å². The van der Waals surface area contributed by atoms with Gasteiger partial charge in [-0.25, -0.2) is 0 Å². The highest BCUT2D eigenvalue weighted by atomic mass is 32.2. The van der Waals surface area contributed by atoms with E-state index in [0.29, 0.717) is 13.2 Å². The van der Waals surface area contributed by atoms with Gasteiger partial charge in [0.15, 0.2) is 0 Å². The molecular weight excluding hydrogens is 224 g/mol. The van der Waals surface area contributed by atoms with Gasteiger partial charge in [-0.3, -0.25) is 0 Å². The Morgan fingerprint density at radius 1 is 1.19 bits per heavy atom. The van der Waals surface area contributed by atoms with E-state index < -0.39 is 0 Å². The third kappa shape index (κ3) is 10.7. The van der Waals surface area contributed by atoms with E-state index in [0.717, 1.165) is 17.4 Å². The van der Waals surface area contributed by atoms with Crippen molar-refractivity contribution in [2.75, 3.05) is 31.8 Å². The molecule has 98 valence electrons. The molecule has 0 rings (SSSR count). The van der Waals surface area contributed by atoms with Crippen LogP contribution in [0.15, 0.2) is 0 Å². The molecule has 4 heteroatoms. The maximum absolute atomic E-state index is 9.64. The minimum absolute atomic E-state index is 0.0558. The summed E-state index contributed by atoms with van der Waals surface area (Å²) in [5, 5.41) is 9.64. The third-order valence-corrected chi connectivity index (χ3v) is 3.27. The Kier molecular flexibility index (Phi) is 10.5. The SMILES string of the molecule is COCC(C)OCC(O)CSCCC(C)C. The molecule has 0 spiro atoms. The molecule has 2 unspecified atom stereocenters. The summed E-state index contributed by atoms with van der Waals surface area (Å²) < 4.78 is 10.4. The van der Waals surface area contributed by atoms with E-state index in [2.05, 4.69) is 13.8 Å². The highest BCUT2D eigenvalue weighted by molar-refractivity contribution is 7.99. The van der Waals surface area contributed by atoms with Crippen molar-refractivity contribution in [3.8, 4) is 0 Å². The van der Waals surface area contributed by atoms with Crippen LogP contribution in [0.2, 0.25) is 0 Å². The molecule has 0 aromatic carbocycles. The predicted molar refractivity (Wildman–Crippen MR) is 70.1 cm³/mol. The summed E-state index contributed by atoms with van der Waals surface area (Å²) >= 11 is 1.79. The van der Waals surface area contributed by atoms with Crippen LogP contribution in [0.3, 0.4) is 0 Å². The summed E-state index contributed by atoms with van der Waals surface area (Å²) in [5.74, 6) is 2.61. The maximum atomic E-state index is 9.64. The lowest BCUT2D eigenvalue weighted by molar-refractivity contribution is -0.0257. The topological polar surface area (TPSA) is 38.7 Å². The van der Waals surface area contributed by atoms with Crippen LogP contribution in [-0.2, 0) is 9.47 Å². The highest BCUT2D eigenvalue weighted by Crippen LogP contribution is 2.10. The summed E-state index contributed by atoms with van der Waals surface area (Å²) in [6.07, 6.45) is 0.898. The minimum Gasteiger partial charge on any atom is -0.390 e. The zero-order valence-corrected chi connectivity index (χ0v) is 11.8. The maximum Gasteiger partial charge on any atom is 0.0863 e. The Hall–Kier alpha value is 0.230. The molecular formula is C12H26O3S. The molecule has 1 N–H and O–H groups in total. The first-order chi connectivity index (χ1) is 7.56. The van der Waals surface area contributed by atoms with Crippen LogP contribution in [0.4, 0.5) is 0 Å². The fraction of sp³-hybridized carbons (Fsp3) is 1.00. The second-order valence-electron chi connectivity index (χ2n) is 4.51. The van der Waals surface area contributed by atoms with Crippen molar-refractivity contribution in [2.24, 2.45) is 5.92 Å². The third-order valence-electron chi connectivity index (χ3n) is 2.12. The highest BCUT2D eigenvalue weighted by Gasteiger charge is 2.08. The van der Waals surface area contributed by atoms with Crippen molar-refractivity contribution < 1.29 is 14.6 Å². The number of aliphatic hydroxyl groups excluding tert-OH is 1. The van der Waals surface area contributed by atoms with Crippen molar-refractivity contribution >= 4 is 11.8 Å². The molecule has 0 aliphatic carbocycles. The average Bonchev–Trinajstić information content (AvgIpc) is 2.22. The first-order valence-electron chi connectivity index (χ1n) is 5.92.